The number of nitrogens with zero attached hydrogens (tertiary/aromatic N) is 2. The van der Waals surface area contributed by atoms with E-state index in [-0.39, 0.29) is 29.7 Å². The molecule has 0 spiro atoms. The number of nitrogens with one attached hydrogen (secondary N) is 2. The predicted octanol–water partition coefficient (Wildman–Crippen LogP) is 2.72. The summed E-state index contributed by atoms with van der Waals surface area (Å²) in [6.45, 7) is 6.95. The van der Waals surface area contributed by atoms with Crippen LogP contribution in [0.25, 0.3) is 0 Å². The Balaban J connectivity index is 1.05. The maximum Gasteiger partial charge on any atom is 0.242 e. The Morgan fingerprint density at radius 3 is 2.18 bits per heavy atom. The number of amides is 3. The van der Waals surface area contributed by atoms with Crippen LogP contribution in [0.5, 0.6) is 0 Å². The number of anilines is 1. The van der Waals surface area contributed by atoms with Gasteiger partial charge in [0.25, 0.3) is 0 Å². The molecule has 1 aromatic rings. The van der Waals surface area contributed by atoms with Crippen molar-refractivity contribution in [2.45, 2.75) is 52.4 Å². The second-order valence-corrected chi connectivity index (χ2v) is 11.3. The van der Waals surface area contributed by atoms with Gasteiger partial charge in [-0.2, -0.15) is 0 Å². The molecule has 0 unspecified atom stereocenters. The average molecular weight is 467 g/mol. The van der Waals surface area contributed by atoms with E-state index in [0.29, 0.717) is 50.5 Å². The third-order valence-corrected chi connectivity index (χ3v) is 8.89. The zero-order valence-electron chi connectivity index (χ0n) is 20.6. The fourth-order valence-electron chi connectivity index (χ4n) is 7.28. The molecule has 1 aromatic carbocycles. The molecular formula is C27H38N4O3. The van der Waals surface area contributed by atoms with E-state index in [4.69, 9.17) is 0 Å². The van der Waals surface area contributed by atoms with Crippen molar-refractivity contribution in [1.82, 2.24) is 15.1 Å². The lowest BCUT2D eigenvalue weighted by Crippen LogP contribution is -2.56. The number of carbonyl (C=O) groups excluding carboxylic acids is 3. The fourth-order valence-corrected chi connectivity index (χ4v) is 7.28. The summed E-state index contributed by atoms with van der Waals surface area (Å²) in [6, 6.07) is 5.91. The van der Waals surface area contributed by atoms with Crippen LogP contribution < -0.4 is 10.6 Å². The first-order valence-corrected chi connectivity index (χ1v) is 13.0. The van der Waals surface area contributed by atoms with Crippen molar-refractivity contribution in [3.8, 4) is 0 Å². The Kier molecular flexibility index (Phi) is 6.40. The van der Waals surface area contributed by atoms with E-state index < -0.39 is 0 Å². The van der Waals surface area contributed by atoms with Gasteiger partial charge < -0.3 is 15.5 Å². The topological polar surface area (TPSA) is 81.8 Å². The molecular weight excluding hydrogens is 428 g/mol. The summed E-state index contributed by atoms with van der Waals surface area (Å²) in [6.07, 6.45) is 6.96. The molecule has 1 heterocycles. The number of hydrogen-bond donors (Lipinski definition) is 2. The third-order valence-electron chi connectivity index (χ3n) is 8.89. The van der Waals surface area contributed by atoms with Crippen molar-refractivity contribution in [2.75, 3.05) is 44.6 Å². The Morgan fingerprint density at radius 1 is 0.941 bits per heavy atom. The molecule has 7 heteroatoms. The summed E-state index contributed by atoms with van der Waals surface area (Å²) in [5, 5.41) is 6.02. The zero-order chi connectivity index (χ0) is 23.9. The maximum absolute atomic E-state index is 13.1. The van der Waals surface area contributed by atoms with Crippen LogP contribution in [-0.2, 0) is 14.4 Å². The first-order valence-electron chi connectivity index (χ1n) is 13.0. The van der Waals surface area contributed by atoms with Crippen molar-refractivity contribution in [1.29, 1.82) is 0 Å². The second kappa shape index (κ2) is 9.33. The van der Waals surface area contributed by atoms with E-state index in [9.17, 15) is 14.4 Å². The number of aryl methyl sites for hydroxylation is 1. The van der Waals surface area contributed by atoms with Gasteiger partial charge in [0, 0.05) is 37.3 Å². The SMILES string of the molecule is Cc1cccc(NC(=O)CN2CCN(C(=O)CNC(=O)C34CC5CC(CC(C5)C3)C4)CC2)c1C. The molecule has 5 aliphatic rings. The van der Waals surface area contributed by atoms with Crippen LogP contribution in [0.2, 0.25) is 0 Å². The Labute approximate surface area is 202 Å². The molecule has 1 saturated heterocycles. The van der Waals surface area contributed by atoms with E-state index >= 15 is 0 Å². The molecule has 4 bridgehead atoms. The van der Waals surface area contributed by atoms with Gasteiger partial charge in [0.2, 0.25) is 17.7 Å². The van der Waals surface area contributed by atoms with E-state index in [1.54, 1.807) is 0 Å². The van der Waals surface area contributed by atoms with Crippen LogP contribution in [0, 0.1) is 37.0 Å². The fraction of sp³-hybridized carbons (Fsp3) is 0.667. The largest absolute Gasteiger partial charge is 0.347 e. The lowest BCUT2D eigenvalue weighted by molar-refractivity contribution is -0.148. The Hall–Kier alpha value is -2.41. The lowest BCUT2D eigenvalue weighted by atomic mass is 9.49. The average Bonchev–Trinajstić information content (AvgIpc) is 2.80. The molecule has 0 aromatic heterocycles. The molecule has 0 atom stereocenters. The first-order chi connectivity index (χ1) is 16.3. The first kappa shape index (κ1) is 23.3. The highest BCUT2D eigenvalue weighted by Crippen LogP contribution is 2.60. The molecule has 6 rings (SSSR count). The molecule has 4 saturated carbocycles. The van der Waals surface area contributed by atoms with E-state index in [1.165, 1.54) is 19.3 Å². The summed E-state index contributed by atoms with van der Waals surface area (Å²) >= 11 is 0. The monoisotopic (exact) mass is 466 g/mol. The quantitative estimate of drug-likeness (QED) is 0.676. The summed E-state index contributed by atoms with van der Waals surface area (Å²) in [5.41, 5.74) is 2.88. The van der Waals surface area contributed by atoms with E-state index in [0.717, 1.165) is 36.1 Å². The number of carbonyl (C=O) groups is 3. The van der Waals surface area contributed by atoms with Crippen LogP contribution in [0.1, 0.15) is 49.7 Å². The van der Waals surface area contributed by atoms with Crippen molar-refractivity contribution < 1.29 is 14.4 Å². The van der Waals surface area contributed by atoms with Gasteiger partial charge >= 0.3 is 0 Å². The van der Waals surface area contributed by atoms with Gasteiger partial charge in [-0.15, -0.1) is 0 Å². The zero-order valence-corrected chi connectivity index (χ0v) is 20.6. The molecule has 4 aliphatic carbocycles. The van der Waals surface area contributed by atoms with E-state index in [2.05, 4.69) is 15.5 Å². The molecule has 7 nitrogen and oxygen atoms in total. The van der Waals surface area contributed by atoms with Gasteiger partial charge in [-0.05, 0) is 87.3 Å². The normalized spacial score (nSPS) is 30.3. The highest BCUT2D eigenvalue weighted by molar-refractivity contribution is 5.93. The minimum absolute atomic E-state index is 0.0161. The van der Waals surface area contributed by atoms with Crippen molar-refractivity contribution in [3.05, 3.63) is 29.3 Å². The van der Waals surface area contributed by atoms with Crippen molar-refractivity contribution >= 4 is 23.4 Å². The summed E-state index contributed by atoms with van der Waals surface area (Å²) < 4.78 is 0. The van der Waals surface area contributed by atoms with Gasteiger partial charge in [-0.25, -0.2) is 0 Å². The highest BCUT2D eigenvalue weighted by atomic mass is 16.2. The Bertz CT molecular complexity index is 931. The minimum atomic E-state index is -0.212. The van der Waals surface area contributed by atoms with Crippen LogP contribution in [0.3, 0.4) is 0 Å². The van der Waals surface area contributed by atoms with Gasteiger partial charge in [-0.1, -0.05) is 12.1 Å². The van der Waals surface area contributed by atoms with Crippen molar-refractivity contribution in [3.63, 3.8) is 0 Å². The van der Waals surface area contributed by atoms with E-state index in [1.807, 2.05) is 36.9 Å². The second-order valence-electron chi connectivity index (χ2n) is 11.3. The number of benzene rings is 1. The summed E-state index contributed by atoms with van der Waals surface area (Å²) in [5.74, 6) is 2.21. The molecule has 0 radical (unpaired) electrons. The van der Waals surface area contributed by atoms with Gasteiger partial charge in [0.1, 0.15) is 0 Å². The third kappa shape index (κ3) is 4.72. The van der Waals surface area contributed by atoms with Crippen LogP contribution in [0.15, 0.2) is 18.2 Å². The van der Waals surface area contributed by atoms with Crippen molar-refractivity contribution in [2.24, 2.45) is 23.2 Å². The lowest BCUT2D eigenvalue weighted by Gasteiger charge is -2.55. The minimum Gasteiger partial charge on any atom is -0.347 e. The summed E-state index contributed by atoms with van der Waals surface area (Å²) in [7, 11) is 0. The molecule has 5 fully saturated rings. The smallest absolute Gasteiger partial charge is 0.242 e. The van der Waals surface area contributed by atoms with Crippen LogP contribution >= 0.6 is 0 Å². The van der Waals surface area contributed by atoms with Crippen LogP contribution in [-0.4, -0.2) is 66.8 Å². The van der Waals surface area contributed by atoms with Crippen LogP contribution in [0.4, 0.5) is 5.69 Å². The maximum atomic E-state index is 13.1. The number of hydrogen-bond acceptors (Lipinski definition) is 4. The van der Waals surface area contributed by atoms with Gasteiger partial charge in [0.05, 0.1) is 13.1 Å². The van der Waals surface area contributed by atoms with Gasteiger partial charge in [-0.3, -0.25) is 19.3 Å². The number of piperazine rings is 1. The van der Waals surface area contributed by atoms with Gasteiger partial charge in [0.15, 0.2) is 0 Å². The molecule has 3 amide bonds. The molecule has 1 aliphatic heterocycles. The molecule has 2 N–H and O–H groups in total. The number of rotatable bonds is 6. The standard InChI is InChI=1S/C27H38N4O3/c1-18-4-3-5-23(19(18)2)29-24(32)17-30-6-8-31(9-7-30)25(33)16-28-26(34)27-13-20-10-21(14-27)12-22(11-20)15-27/h3-5,20-22H,6-17H2,1-2H3,(H,28,34)(H,29,32). The highest BCUT2D eigenvalue weighted by Gasteiger charge is 2.54. The molecule has 34 heavy (non-hydrogen) atoms. The molecule has 184 valence electrons. The predicted molar refractivity (Wildman–Crippen MR) is 131 cm³/mol. The summed E-state index contributed by atoms with van der Waals surface area (Å²) in [4.78, 5) is 42.3. The Morgan fingerprint density at radius 2 is 1.56 bits per heavy atom.